The molecule has 1 aliphatic rings. The third-order valence-corrected chi connectivity index (χ3v) is 5.19. The number of hydrogen-bond donors (Lipinski definition) is 3. The average Bonchev–Trinajstić information content (AvgIpc) is 2.82. The van der Waals surface area contributed by atoms with Crippen LogP contribution in [0.15, 0.2) is 41.8 Å². The maximum atomic E-state index is 12.5. The van der Waals surface area contributed by atoms with Crippen LogP contribution in [0.5, 0.6) is 0 Å². The zero-order valence-electron chi connectivity index (χ0n) is 14.2. The molecule has 7 nitrogen and oxygen atoms in total. The molecule has 0 fully saturated rings. The molecule has 2 amide bonds. The van der Waals surface area contributed by atoms with Crippen LogP contribution in [0.1, 0.15) is 27.0 Å². The van der Waals surface area contributed by atoms with Crippen molar-refractivity contribution in [2.75, 3.05) is 10.0 Å². The van der Waals surface area contributed by atoms with E-state index in [2.05, 4.69) is 10.0 Å². The zero-order chi connectivity index (χ0) is 19.1. The number of rotatable bonds is 4. The van der Waals surface area contributed by atoms with Gasteiger partial charge in [0.1, 0.15) is 0 Å². The van der Waals surface area contributed by atoms with Crippen molar-refractivity contribution in [3.05, 3.63) is 64.1 Å². The predicted octanol–water partition coefficient (Wildman–Crippen LogP) is 2.14. The summed E-state index contributed by atoms with van der Waals surface area (Å²) in [5, 5.41) is 3.52. The van der Waals surface area contributed by atoms with Crippen LogP contribution >= 0.6 is 0 Å². The number of fused-ring (bicyclic) bond motifs is 1. The van der Waals surface area contributed by atoms with Crippen LogP contribution < -0.4 is 15.8 Å². The summed E-state index contributed by atoms with van der Waals surface area (Å²) < 4.78 is 27.3. The topological polar surface area (TPSA) is 118 Å². The number of sulfonamides is 1. The van der Waals surface area contributed by atoms with Crippen LogP contribution in [0.4, 0.5) is 11.4 Å². The van der Waals surface area contributed by atoms with E-state index >= 15 is 0 Å². The highest BCUT2D eigenvalue weighted by atomic mass is 32.2. The Morgan fingerprint density at radius 1 is 1.15 bits per heavy atom. The molecule has 0 aliphatic carbocycles. The van der Waals surface area contributed by atoms with Crippen molar-refractivity contribution in [1.82, 2.24) is 0 Å². The molecule has 0 unspecified atom stereocenters. The molecule has 0 saturated carbocycles. The first-order valence-electron chi connectivity index (χ1n) is 7.74. The maximum absolute atomic E-state index is 12.5. The maximum Gasteiger partial charge on any atom is 0.257 e. The van der Waals surface area contributed by atoms with Crippen molar-refractivity contribution in [1.29, 1.82) is 0 Å². The van der Waals surface area contributed by atoms with Gasteiger partial charge < -0.3 is 11.1 Å². The Labute approximate surface area is 151 Å². The van der Waals surface area contributed by atoms with Crippen molar-refractivity contribution in [2.45, 2.75) is 13.8 Å². The van der Waals surface area contributed by atoms with Gasteiger partial charge in [-0.2, -0.15) is 0 Å². The number of para-hydroxylation sites is 1. The minimum atomic E-state index is -4.05. The standard InChI is InChI=1S/C18H17N3O4S/c1-10-7-13-14(18(23)20-16(13)8-11(10)2)9-26(24,25)21-15-6-4-3-5-12(15)17(19)22/h3-9,21H,1-2H3,(H2,19,22)(H,20,23)/b14-9-. The molecule has 1 aliphatic heterocycles. The normalized spacial score (nSPS) is 14.8. The third-order valence-electron chi connectivity index (χ3n) is 4.13. The van der Waals surface area contributed by atoms with Gasteiger partial charge in [-0.25, -0.2) is 8.42 Å². The summed E-state index contributed by atoms with van der Waals surface area (Å²) in [4.78, 5) is 23.7. The Balaban J connectivity index is 2.02. The number of carbonyl (C=O) groups is 2. The summed E-state index contributed by atoms with van der Waals surface area (Å²) in [6.45, 7) is 3.79. The second kappa shape index (κ2) is 6.30. The number of anilines is 2. The van der Waals surface area contributed by atoms with E-state index in [-0.39, 0.29) is 16.8 Å². The van der Waals surface area contributed by atoms with Crippen LogP contribution in [-0.4, -0.2) is 20.2 Å². The first kappa shape index (κ1) is 17.7. The number of benzene rings is 2. The predicted molar refractivity (Wildman–Crippen MR) is 100 cm³/mol. The van der Waals surface area contributed by atoms with E-state index in [1.807, 2.05) is 13.8 Å². The lowest BCUT2D eigenvalue weighted by atomic mass is 10.0. The number of amides is 2. The highest BCUT2D eigenvalue weighted by Crippen LogP contribution is 2.34. The highest BCUT2D eigenvalue weighted by molar-refractivity contribution is 7.95. The van der Waals surface area contributed by atoms with E-state index in [1.165, 1.54) is 12.1 Å². The van der Waals surface area contributed by atoms with Gasteiger partial charge in [-0.3, -0.25) is 14.3 Å². The second-order valence-corrected chi connectivity index (χ2v) is 7.55. The van der Waals surface area contributed by atoms with Gasteiger partial charge in [0.15, 0.2) is 0 Å². The van der Waals surface area contributed by atoms with Gasteiger partial charge in [-0.05, 0) is 49.2 Å². The van der Waals surface area contributed by atoms with Crippen molar-refractivity contribution in [2.24, 2.45) is 5.73 Å². The van der Waals surface area contributed by atoms with Gasteiger partial charge in [0, 0.05) is 11.3 Å². The number of nitrogens with one attached hydrogen (secondary N) is 2. The van der Waals surface area contributed by atoms with E-state index in [9.17, 15) is 18.0 Å². The molecule has 2 aromatic rings. The van der Waals surface area contributed by atoms with Crippen LogP contribution in [0.2, 0.25) is 0 Å². The summed E-state index contributed by atoms with van der Waals surface area (Å²) in [6, 6.07) is 9.54. The Kier molecular flexibility index (Phi) is 4.29. The summed E-state index contributed by atoms with van der Waals surface area (Å²) in [7, 11) is -4.05. The molecule has 4 N–H and O–H groups in total. The highest BCUT2D eigenvalue weighted by Gasteiger charge is 2.27. The van der Waals surface area contributed by atoms with Crippen molar-refractivity contribution in [3.63, 3.8) is 0 Å². The minimum absolute atomic E-state index is 0.0344. The molecule has 0 aromatic heterocycles. The quantitative estimate of drug-likeness (QED) is 0.713. The van der Waals surface area contributed by atoms with Crippen LogP contribution in [-0.2, 0) is 14.8 Å². The molecular weight excluding hydrogens is 354 g/mol. The smallest absolute Gasteiger partial charge is 0.257 e. The number of aryl methyl sites for hydroxylation is 2. The van der Waals surface area contributed by atoms with Gasteiger partial charge in [-0.15, -0.1) is 0 Å². The monoisotopic (exact) mass is 371 g/mol. The Hall–Kier alpha value is -3.13. The largest absolute Gasteiger partial charge is 0.366 e. The summed E-state index contributed by atoms with van der Waals surface area (Å²) in [5.41, 5.74) is 8.40. The van der Waals surface area contributed by atoms with Gasteiger partial charge in [0.25, 0.3) is 21.8 Å². The van der Waals surface area contributed by atoms with Crippen molar-refractivity contribution < 1.29 is 18.0 Å². The first-order valence-corrected chi connectivity index (χ1v) is 9.29. The number of hydrogen-bond acceptors (Lipinski definition) is 4. The van der Waals surface area contributed by atoms with E-state index in [4.69, 9.17) is 5.73 Å². The molecule has 26 heavy (non-hydrogen) atoms. The van der Waals surface area contributed by atoms with Gasteiger partial charge >= 0.3 is 0 Å². The van der Waals surface area contributed by atoms with Crippen molar-refractivity contribution >= 4 is 38.8 Å². The van der Waals surface area contributed by atoms with Crippen LogP contribution in [0.3, 0.4) is 0 Å². The summed E-state index contributed by atoms with van der Waals surface area (Å²) in [6.07, 6.45) is 0. The molecule has 0 radical (unpaired) electrons. The number of nitrogens with two attached hydrogens (primary N) is 1. The fraction of sp³-hybridized carbons (Fsp3) is 0.111. The molecule has 2 aromatic carbocycles. The zero-order valence-corrected chi connectivity index (χ0v) is 15.0. The van der Waals surface area contributed by atoms with E-state index < -0.39 is 21.8 Å². The van der Waals surface area contributed by atoms with E-state index in [1.54, 1.807) is 24.3 Å². The van der Waals surface area contributed by atoms with Crippen LogP contribution in [0, 0.1) is 13.8 Å². The lowest BCUT2D eigenvalue weighted by molar-refractivity contribution is -0.110. The second-order valence-electron chi connectivity index (χ2n) is 6.02. The van der Waals surface area contributed by atoms with Gasteiger partial charge in [0.2, 0.25) is 0 Å². The molecule has 0 saturated heterocycles. The van der Waals surface area contributed by atoms with Crippen LogP contribution in [0.25, 0.3) is 5.57 Å². The Morgan fingerprint density at radius 3 is 2.50 bits per heavy atom. The molecule has 0 spiro atoms. The summed E-state index contributed by atoms with van der Waals surface area (Å²) in [5.74, 6) is -1.26. The fourth-order valence-corrected chi connectivity index (χ4v) is 3.78. The third kappa shape index (κ3) is 3.31. The SMILES string of the molecule is Cc1cc2c(cc1C)/C(=C/S(=O)(=O)Nc1ccccc1C(N)=O)C(=O)N2. The molecule has 134 valence electrons. The molecule has 1 heterocycles. The van der Waals surface area contributed by atoms with E-state index in [0.29, 0.717) is 11.3 Å². The molecule has 8 heteroatoms. The number of primary amides is 1. The first-order chi connectivity index (χ1) is 12.2. The molecule has 0 bridgehead atoms. The van der Waals surface area contributed by atoms with Crippen molar-refractivity contribution in [3.8, 4) is 0 Å². The minimum Gasteiger partial charge on any atom is -0.366 e. The van der Waals surface area contributed by atoms with E-state index in [0.717, 1.165) is 16.5 Å². The van der Waals surface area contributed by atoms with Gasteiger partial charge in [-0.1, -0.05) is 12.1 Å². The fourth-order valence-electron chi connectivity index (χ4n) is 2.70. The molecule has 0 atom stereocenters. The Bertz CT molecular complexity index is 1070. The molecular formula is C18H17N3O4S. The number of carbonyl (C=O) groups excluding carboxylic acids is 2. The Morgan fingerprint density at radius 2 is 1.81 bits per heavy atom. The average molecular weight is 371 g/mol. The van der Waals surface area contributed by atoms with Gasteiger partial charge in [0.05, 0.1) is 22.2 Å². The lowest BCUT2D eigenvalue weighted by Gasteiger charge is -2.09. The lowest BCUT2D eigenvalue weighted by Crippen LogP contribution is -2.17. The molecule has 3 rings (SSSR count). The summed E-state index contributed by atoms with van der Waals surface area (Å²) >= 11 is 0.